The number of nitrogens with one attached hydrogen (secondary N) is 2. The van der Waals surface area contributed by atoms with Crippen molar-refractivity contribution in [2.45, 2.75) is 51.0 Å². The SMILES string of the molecule is O=C(Nc1ccc2c(c1)N(C(=O)c1cccnc1)CCC2)NC1CCCCC1. The Morgan fingerprint density at radius 2 is 1.93 bits per heavy atom. The second-order valence-corrected chi connectivity index (χ2v) is 7.58. The maximum Gasteiger partial charge on any atom is 0.319 e. The number of aromatic nitrogens is 1. The van der Waals surface area contributed by atoms with E-state index in [1.807, 2.05) is 18.2 Å². The second-order valence-electron chi connectivity index (χ2n) is 7.58. The summed E-state index contributed by atoms with van der Waals surface area (Å²) in [6.45, 7) is 0.665. The normalized spacial score (nSPS) is 16.9. The number of hydrogen-bond donors (Lipinski definition) is 2. The predicted molar refractivity (Wildman–Crippen MR) is 110 cm³/mol. The fourth-order valence-corrected chi connectivity index (χ4v) is 4.11. The zero-order valence-corrected chi connectivity index (χ0v) is 16.0. The topological polar surface area (TPSA) is 74.3 Å². The van der Waals surface area contributed by atoms with Crippen molar-refractivity contribution in [2.24, 2.45) is 0 Å². The summed E-state index contributed by atoms with van der Waals surface area (Å²) in [5.41, 5.74) is 3.28. The van der Waals surface area contributed by atoms with Crippen LogP contribution in [-0.4, -0.2) is 29.5 Å². The summed E-state index contributed by atoms with van der Waals surface area (Å²) in [4.78, 5) is 31.2. The number of anilines is 2. The van der Waals surface area contributed by atoms with Crippen LogP contribution in [0.15, 0.2) is 42.7 Å². The van der Waals surface area contributed by atoms with E-state index in [4.69, 9.17) is 0 Å². The molecule has 0 unspecified atom stereocenters. The molecule has 6 nitrogen and oxygen atoms in total. The molecule has 1 aromatic carbocycles. The molecule has 2 heterocycles. The van der Waals surface area contributed by atoms with Crippen LogP contribution >= 0.6 is 0 Å². The highest BCUT2D eigenvalue weighted by atomic mass is 16.2. The van der Waals surface area contributed by atoms with Crippen molar-refractivity contribution < 1.29 is 9.59 Å². The van der Waals surface area contributed by atoms with Crippen LogP contribution < -0.4 is 15.5 Å². The Labute approximate surface area is 165 Å². The van der Waals surface area contributed by atoms with Gasteiger partial charge in [-0.3, -0.25) is 9.78 Å². The number of carbonyl (C=O) groups excluding carboxylic acids is 2. The van der Waals surface area contributed by atoms with Gasteiger partial charge in [0.2, 0.25) is 0 Å². The minimum Gasteiger partial charge on any atom is -0.335 e. The van der Waals surface area contributed by atoms with Crippen molar-refractivity contribution in [2.75, 3.05) is 16.8 Å². The summed E-state index contributed by atoms with van der Waals surface area (Å²) < 4.78 is 0. The molecule has 0 radical (unpaired) electrons. The zero-order chi connectivity index (χ0) is 19.3. The number of benzene rings is 1. The number of rotatable bonds is 3. The maximum absolute atomic E-state index is 12.9. The number of carbonyl (C=O) groups is 2. The summed E-state index contributed by atoms with van der Waals surface area (Å²) in [5, 5.41) is 6.01. The van der Waals surface area contributed by atoms with Crippen molar-refractivity contribution >= 4 is 23.3 Å². The monoisotopic (exact) mass is 378 g/mol. The fraction of sp³-hybridized carbons (Fsp3) is 0.409. The van der Waals surface area contributed by atoms with Gasteiger partial charge in [0.15, 0.2) is 0 Å². The Kier molecular flexibility index (Phi) is 5.55. The highest BCUT2D eigenvalue weighted by molar-refractivity contribution is 6.07. The quantitative estimate of drug-likeness (QED) is 0.843. The fourth-order valence-electron chi connectivity index (χ4n) is 4.11. The largest absolute Gasteiger partial charge is 0.335 e. The van der Waals surface area contributed by atoms with E-state index in [-0.39, 0.29) is 18.0 Å². The van der Waals surface area contributed by atoms with Gasteiger partial charge in [-0.15, -0.1) is 0 Å². The molecule has 6 heteroatoms. The van der Waals surface area contributed by atoms with Gasteiger partial charge in [0.05, 0.1) is 5.56 Å². The highest BCUT2D eigenvalue weighted by Gasteiger charge is 2.24. The molecule has 1 saturated carbocycles. The summed E-state index contributed by atoms with van der Waals surface area (Å²) in [5.74, 6) is -0.0575. The molecule has 146 valence electrons. The number of urea groups is 1. The molecule has 4 rings (SSSR count). The molecule has 2 aliphatic rings. The van der Waals surface area contributed by atoms with Crippen LogP contribution in [0.5, 0.6) is 0 Å². The Balaban J connectivity index is 1.49. The third-order valence-electron chi connectivity index (χ3n) is 5.56. The Morgan fingerprint density at radius 1 is 1.07 bits per heavy atom. The molecule has 0 spiro atoms. The van der Waals surface area contributed by atoms with Gasteiger partial charge in [0.1, 0.15) is 0 Å². The number of fused-ring (bicyclic) bond motifs is 1. The first-order valence-electron chi connectivity index (χ1n) is 10.1. The van der Waals surface area contributed by atoms with Crippen LogP contribution in [0.2, 0.25) is 0 Å². The maximum atomic E-state index is 12.9. The number of aryl methyl sites for hydroxylation is 1. The second kappa shape index (κ2) is 8.42. The van der Waals surface area contributed by atoms with E-state index in [1.54, 1.807) is 29.4 Å². The van der Waals surface area contributed by atoms with Crippen molar-refractivity contribution in [3.8, 4) is 0 Å². The van der Waals surface area contributed by atoms with Crippen LogP contribution in [0.3, 0.4) is 0 Å². The lowest BCUT2D eigenvalue weighted by Gasteiger charge is -2.30. The third-order valence-corrected chi connectivity index (χ3v) is 5.56. The van der Waals surface area contributed by atoms with E-state index in [2.05, 4.69) is 15.6 Å². The van der Waals surface area contributed by atoms with Crippen LogP contribution in [-0.2, 0) is 6.42 Å². The molecule has 0 saturated heterocycles. The molecular formula is C22H26N4O2. The summed E-state index contributed by atoms with van der Waals surface area (Å²) in [6, 6.07) is 9.46. The number of pyridine rings is 1. The first-order valence-corrected chi connectivity index (χ1v) is 10.1. The van der Waals surface area contributed by atoms with E-state index in [1.165, 1.54) is 19.3 Å². The van der Waals surface area contributed by atoms with Gasteiger partial charge in [0, 0.05) is 36.4 Å². The summed E-state index contributed by atoms with van der Waals surface area (Å²) in [7, 11) is 0. The van der Waals surface area contributed by atoms with E-state index in [0.717, 1.165) is 36.9 Å². The van der Waals surface area contributed by atoms with Gasteiger partial charge in [0.25, 0.3) is 5.91 Å². The van der Waals surface area contributed by atoms with Gasteiger partial charge in [-0.25, -0.2) is 4.79 Å². The molecule has 3 amide bonds. The smallest absolute Gasteiger partial charge is 0.319 e. The molecule has 2 aromatic rings. The van der Waals surface area contributed by atoms with Crippen LogP contribution in [0.4, 0.5) is 16.2 Å². The van der Waals surface area contributed by atoms with Crippen molar-refractivity contribution in [1.29, 1.82) is 0 Å². The lowest BCUT2D eigenvalue weighted by atomic mass is 9.96. The molecule has 1 aromatic heterocycles. The number of hydrogen-bond acceptors (Lipinski definition) is 3. The van der Waals surface area contributed by atoms with Gasteiger partial charge < -0.3 is 15.5 Å². The first kappa shape index (κ1) is 18.5. The molecular weight excluding hydrogens is 352 g/mol. The van der Waals surface area contributed by atoms with Gasteiger partial charge in [-0.05, 0) is 55.5 Å². The minimum absolute atomic E-state index is 0.0575. The van der Waals surface area contributed by atoms with Gasteiger partial charge in [-0.1, -0.05) is 25.3 Å². The molecule has 1 aliphatic carbocycles. The van der Waals surface area contributed by atoms with E-state index >= 15 is 0 Å². The van der Waals surface area contributed by atoms with Gasteiger partial charge in [-0.2, -0.15) is 0 Å². The molecule has 28 heavy (non-hydrogen) atoms. The molecule has 2 N–H and O–H groups in total. The van der Waals surface area contributed by atoms with Gasteiger partial charge >= 0.3 is 6.03 Å². The standard InChI is InChI=1S/C22H26N4O2/c27-21(17-6-4-12-23-15-17)26-13-5-7-16-10-11-19(14-20(16)26)25-22(28)24-18-8-2-1-3-9-18/h4,6,10-12,14-15,18H,1-3,5,7-9,13H2,(H2,24,25,28). The summed E-state index contributed by atoms with van der Waals surface area (Å²) >= 11 is 0. The van der Waals surface area contributed by atoms with Crippen molar-refractivity contribution in [1.82, 2.24) is 10.3 Å². The molecule has 0 bridgehead atoms. The zero-order valence-electron chi connectivity index (χ0n) is 16.0. The lowest BCUT2D eigenvalue weighted by Crippen LogP contribution is -2.39. The lowest BCUT2D eigenvalue weighted by molar-refractivity contribution is 0.0984. The summed E-state index contributed by atoms with van der Waals surface area (Å²) in [6.07, 6.45) is 10.8. The van der Waals surface area contributed by atoms with E-state index < -0.39 is 0 Å². The Morgan fingerprint density at radius 3 is 2.71 bits per heavy atom. The minimum atomic E-state index is -0.173. The van der Waals surface area contributed by atoms with Crippen LogP contribution in [0.1, 0.15) is 54.4 Å². The molecule has 1 fully saturated rings. The first-order chi connectivity index (χ1) is 13.7. The third kappa shape index (κ3) is 4.16. The Bertz CT molecular complexity index is 847. The van der Waals surface area contributed by atoms with E-state index in [9.17, 15) is 9.59 Å². The van der Waals surface area contributed by atoms with E-state index in [0.29, 0.717) is 17.8 Å². The molecule has 1 aliphatic heterocycles. The van der Waals surface area contributed by atoms with Crippen LogP contribution in [0.25, 0.3) is 0 Å². The number of nitrogens with zero attached hydrogens (tertiary/aromatic N) is 2. The highest BCUT2D eigenvalue weighted by Crippen LogP contribution is 2.31. The molecule has 0 atom stereocenters. The Hall–Kier alpha value is -2.89. The number of amides is 3. The predicted octanol–water partition coefficient (Wildman–Crippen LogP) is 4.13. The van der Waals surface area contributed by atoms with Crippen LogP contribution in [0, 0.1) is 0 Å². The van der Waals surface area contributed by atoms with Crippen molar-refractivity contribution in [3.63, 3.8) is 0 Å². The van der Waals surface area contributed by atoms with Crippen molar-refractivity contribution in [3.05, 3.63) is 53.9 Å². The average molecular weight is 378 g/mol. The average Bonchev–Trinajstić information content (AvgIpc) is 2.74.